The molecule has 1 aromatic carbocycles. The van der Waals surface area contributed by atoms with Gasteiger partial charge in [-0.25, -0.2) is 0 Å². The molecule has 0 fully saturated rings. The summed E-state index contributed by atoms with van der Waals surface area (Å²) in [6, 6.07) is 6.28. The number of H-pyrrole nitrogens is 1. The minimum Gasteiger partial charge on any atom is -0.312 e. The van der Waals surface area contributed by atoms with E-state index in [2.05, 4.69) is 37.0 Å². The monoisotopic (exact) mass is 219 g/mol. The molecule has 0 bridgehead atoms. The zero-order chi connectivity index (χ0) is 11.0. The molecular formula is C12H13NOS. The topological polar surface area (TPSA) is 32.9 Å². The Balaban J connectivity index is 2.68. The molecule has 3 heteroatoms. The largest absolute Gasteiger partial charge is 0.312 e. The SMILES string of the molecule is Cc1ccc(C)c(-c2[nH]c(=O)sc2C)c1. The van der Waals surface area contributed by atoms with E-state index in [9.17, 15) is 4.79 Å². The van der Waals surface area contributed by atoms with Gasteiger partial charge >= 0.3 is 4.87 Å². The second-order valence-electron chi connectivity index (χ2n) is 3.76. The van der Waals surface area contributed by atoms with Crippen LogP contribution in [-0.4, -0.2) is 4.98 Å². The Bertz CT molecular complexity index is 551. The number of aryl methyl sites for hydroxylation is 3. The number of thiazole rings is 1. The summed E-state index contributed by atoms with van der Waals surface area (Å²) in [5.41, 5.74) is 4.50. The number of nitrogens with one attached hydrogen (secondary N) is 1. The molecule has 0 radical (unpaired) electrons. The van der Waals surface area contributed by atoms with Crippen LogP contribution in [-0.2, 0) is 0 Å². The minimum atomic E-state index is 0.0170. The fraction of sp³-hybridized carbons (Fsp3) is 0.250. The minimum absolute atomic E-state index is 0.0170. The normalized spacial score (nSPS) is 10.6. The van der Waals surface area contributed by atoms with Crippen LogP contribution in [0.2, 0.25) is 0 Å². The second kappa shape index (κ2) is 3.66. The predicted molar refractivity (Wildman–Crippen MR) is 64.6 cm³/mol. The van der Waals surface area contributed by atoms with E-state index >= 15 is 0 Å². The third-order valence-electron chi connectivity index (χ3n) is 2.49. The molecule has 1 N–H and O–H groups in total. The van der Waals surface area contributed by atoms with Crippen LogP contribution in [0.25, 0.3) is 11.3 Å². The van der Waals surface area contributed by atoms with E-state index in [0.717, 1.165) is 16.1 Å². The molecule has 15 heavy (non-hydrogen) atoms. The zero-order valence-corrected chi connectivity index (χ0v) is 9.87. The highest BCUT2D eigenvalue weighted by molar-refractivity contribution is 7.09. The van der Waals surface area contributed by atoms with Crippen molar-refractivity contribution in [2.45, 2.75) is 20.8 Å². The third kappa shape index (κ3) is 1.88. The number of hydrogen-bond donors (Lipinski definition) is 1. The van der Waals surface area contributed by atoms with Gasteiger partial charge in [-0.3, -0.25) is 4.79 Å². The van der Waals surface area contributed by atoms with Crippen LogP contribution in [0, 0.1) is 20.8 Å². The van der Waals surface area contributed by atoms with Crippen molar-refractivity contribution in [3.05, 3.63) is 43.9 Å². The average Bonchev–Trinajstić information content (AvgIpc) is 2.50. The molecule has 0 aliphatic heterocycles. The Morgan fingerprint density at radius 3 is 2.53 bits per heavy atom. The van der Waals surface area contributed by atoms with Crippen LogP contribution in [0.4, 0.5) is 0 Å². The van der Waals surface area contributed by atoms with Crippen LogP contribution in [0.5, 0.6) is 0 Å². The molecule has 1 heterocycles. The summed E-state index contributed by atoms with van der Waals surface area (Å²) in [5.74, 6) is 0. The molecule has 0 unspecified atom stereocenters. The van der Waals surface area contributed by atoms with Crippen molar-refractivity contribution < 1.29 is 0 Å². The molecule has 0 atom stereocenters. The highest BCUT2D eigenvalue weighted by Gasteiger charge is 2.08. The standard InChI is InChI=1S/C12H13NOS/c1-7-4-5-8(2)10(6-7)11-9(3)15-12(14)13-11/h4-6H,1-3H3,(H,13,14). The Morgan fingerprint density at radius 1 is 1.20 bits per heavy atom. The highest BCUT2D eigenvalue weighted by Crippen LogP contribution is 2.26. The Morgan fingerprint density at radius 2 is 1.93 bits per heavy atom. The van der Waals surface area contributed by atoms with Crippen LogP contribution < -0.4 is 4.87 Å². The van der Waals surface area contributed by atoms with E-state index in [1.165, 1.54) is 22.5 Å². The quantitative estimate of drug-likeness (QED) is 0.785. The fourth-order valence-corrected chi connectivity index (χ4v) is 2.36. The lowest BCUT2D eigenvalue weighted by molar-refractivity contribution is 1.29. The molecule has 0 aliphatic rings. The lowest BCUT2D eigenvalue weighted by Crippen LogP contribution is -1.94. The van der Waals surface area contributed by atoms with E-state index in [0.29, 0.717) is 0 Å². The van der Waals surface area contributed by atoms with Gasteiger partial charge in [0.15, 0.2) is 0 Å². The van der Waals surface area contributed by atoms with E-state index < -0.39 is 0 Å². The maximum absolute atomic E-state index is 11.2. The van der Waals surface area contributed by atoms with Gasteiger partial charge in [-0.2, -0.15) is 0 Å². The predicted octanol–water partition coefficient (Wildman–Crippen LogP) is 3.03. The first-order chi connectivity index (χ1) is 7.08. The summed E-state index contributed by atoms with van der Waals surface area (Å²) in [4.78, 5) is 15.2. The molecule has 1 aromatic heterocycles. The number of benzene rings is 1. The molecule has 0 saturated carbocycles. The third-order valence-corrected chi connectivity index (χ3v) is 3.29. The lowest BCUT2D eigenvalue weighted by atomic mass is 10.0. The zero-order valence-electron chi connectivity index (χ0n) is 9.05. The van der Waals surface area contributed by atoms with Gasteiger partial charge in [0, 0.05) is 10.4 Å². The second-order valence-corrected chi connectivity index (χ2v) is 4.95. The van der Waals surface area contributed by atoms with Crippen molar-refractivity contribution in [2.75, 3.05) is 0 Å². The van der Waals surface area contributed by atoms with E-state index in [1.54, 1.807) is 0 Å². The van der Waals surface area contributed by atoms with Crippen LogP contribution >= 0.6 is 11.3 Å². The summed E-state index contributed by atoms with van der Waals surface area (Å²) in [7, 11) is 0. The molecule has 2 nitrogen and oxygen atoms in total. The summed E-state index contributed by atoms with van der Waals surface area (Å²) < 4.78 is 0. The molecule has 0 aliphatic carbocycles. The maximum atomic E-state index is 11.2. The maximum Gasteiger partial charge on any atom is 0.305 e. The first-order valence-electron chi connectivity index (χ1n) is 4.85. The van der Waals surface area contributed by atoms with Gasteiger partial charge in [-0.05, 0) is 32.4 Å². The molecule has 0 amide bonds. The Hall–Kier alpha value is -1.35. The number of rotatable bonds is 1. The lowest BCUT2D eigenvalue weighted by Gasteiger charge is -2.05. The highest BCUT2D eigenvalue weighted by atomic mass is 32.1. The summed E-state index contributed by atoms with van der Waals surface area (Å²) in [6.07, 6.45) is 0. The molecule has 0 spiro atoms. The van der Waals surface area contributed by atoms with Crippen molar-refractivity contribution in [1.82, 2.24) is 4.98 Å². The molecule has 0 saturated heterocycles. The van der Waals surface area contributed by atoms with Gasteiger partial charge in [-0.15, -0.1) is 0 Å². The molecule has 2 aromatic rings. The van der Waals surface area contributed by atoms with Crippen molar-refractivity contribution in [1.29, 1.82) is 0 Å². The number of aromatic amines is 1. The van der Waals surface area contributed by atoms with Gasteiger partial charge in [0.1, 0.15) is 0 Å². The van der Waals surface area contributed by atoms with Crippen molar-refractivity contribution in [3.8, 4) is 11.3 Å². The smallest absolute Gasteiger partial charge is 0.305 e. The van der Waals surface area contributed by atoms with Gasteiger partial charge in [0.25, 0.3) is 0 Å². The van der Waals surface area contributed by atoms with Crippen LogP contribution in [0.15, 0.2) is 23.0 Å². The van der Waals surface area contributed by atoms with Gasteiger partial charge < -0.3 is 4.98 Å². The average molecular weight is 219 g/mol. The van der Waals surface area contributed by atoms with Gasteiger partial charge in [-0.1, -0.05) is 29.0 Å². The first-order valence-corrected chi connectivity index (χ1v) is 5.67. The molecular weight excluding hydrogens is 206 g/mol. The van der Waals surface area contributed by atoms with Crippen molar-refractivity contribution in [3.63, 3.8) is 0 Å². The van der Waals surface area contributed by atoms with Gasteiger partial charge in [0.2, 0.25) is 0 Å². The Labute approximate surface area is 92.6 Å². The first kappa shape index (κ1) is 10.2. The molecule has 2 rings (SSSR count). The van der Waals surface area contributed by atoms with Gasteiger partial charge in [0.05, 0.1) is 5.69 Å². The van der Waals surface area contributed by atoms with E-state index in [1.807, 2.05) is 6.92 Å². The molecule has 78 valence electrons. The Kier molecular flexibility index (Phi) is 2.49. The van der Waals surface area contributed by atoms with Crippen LogP contribution in [0.1, 0.15) is 16.0 Å². The van der Waals surface area contributed by atoms with Crippen LogP contribution in [0.3, 0.4) is 0 Å². The summed E-state index contributed by atoms with van der Waals surface area (Å²) >= 11 is 1.27. The summed E-state index contributed by atoms with van der Waals surface area (Å²) in [5, 5.41) is 0. The number of aromatic nitrogens is 1. The van der Waals surface area contributed by atoms with Crippen molar-refractivity contribution in [2.24, 2.45) is 0 Å². The summed E-state index contributed by atoms with van der Waals surface area (Å²) in [6.45, 7) is 6.09. The van der Waals surface area contributed by atoms with Crippen molar-refractivity contribution >= 4 is 11.3 Å². The van der Waals surface area contributed by atoms with E-state index in [4.69, 9.17) is 0 Å². The van der Waals surface area contributed by atoms with E-state index in [-0.39, 0.29) is 4.87 Å². The number of hydrogen-bond acceptors (Lipinski definition) is 2. The fourth-order valence-electron chi connectivity index (χ4n) is 1.67.